The molecule has 1 amide bonds. The van der Waals surface area contributed by atoms with Crippen LogP contribution in [0.2, 0.25) is 0 Å². The molecule has 1 aliphatic rings. The van der Waals surface area contributed by atoms with Crippen LogP contribution < -0.4 is 10.2 Å². The van der Waals surface area contributed by atoms with Gasteiger partial charge in [-0.2, -0.15) is 0 Å². The molecule has 62 heavy (non-hydrogen) atoms. The Labute approximate surface area is 367 Å². The summed E-state index contributed by atoms with van der Waals surface area (Å²) >= 11 is 0.980. The number of aryl methyl sites for hydroxylation is 3. The maximum atomic E-state index is 12.7. The highest BCUT2D eigenvalue weighted by molar-refractivity contribution is 8.14. The van der Waals surface area contributed by atoms with E-state index in [2.05, 4.69) is 188 Å². The van der Waals surface area contributed by atoms with Gasteiger partial charge < -0.3 is 10.0 Å². The Balaban J connectivity index is 1.16. The highest BCUT2D eigenvalue weighted by Crippen LogP contribution is 2.37. The van der Waals surface area contributed by atoms with Crippen LogP contribution in [0.1, 0.15) is 55.6 Å². The first-order valence-electron chi connectivity index (χ1n) is 20.4. The van der Waals surface area contributed by atoms with Gasteiger partial charge in [-0.25, -0.2) is 4.99 Å². The minimum atomic E-state index is -0.977. The molecule has 0 radical (unpaired) electrons. The summed E-state index contributed by atoms with van der Waals surface area (Å²) in [5, 5.41) is 12.0. The van der Waals surface area contributed by atoms with Crippen LogP contribution in [0.15, 0.2) is 187 Å². The van der Waals surface area contributed by atoms with Gasteiger partial charge in [-0.1, -0.05) is 157 Å². The lowest BCUT2D eigenvalue weighted by molar-refractivity contribution is -0.133. The quantitative estimate of drug-likeness (QED) is 0.0947. The molecule has 1 aliphatic heterocycles. The fourth-order valence-electron chi connectivity index (χ4n) is 7.37. The minimum Gasteiger partial charge on any atom is -0.481 e. The first-order chi connectivity index (χ1) is 30.2. The SMILES string of the molecule is Cc1cccc(/C(=C/c2ccc(N(c3ccc(/C=C4\N=C(SCC(=O)O)NC4=O)cc3)c3ccc(/C=C(\c4ccccc4)c4ccc(C)c(C)c4)cc3)cc2)c2ccccc2)c1. The molecule has 0 unspecified atom stereocenters. The third-order valence-corrected chi connectivity index (χ3v) is 11.6. The monoisotopic (exact) mass is 827 g/mol. The summed E-state index contributed by atoms with van der Waals surface area (Å²) in [4.78, 5) is 30.3. The van der Waals surface area contributed by atoms with Gasteiger partial charge in [0.2, 0.25) is 0 Å². The lowest BCUT2D eigenvalue weighted by Crippen LogP contribution is -2.22. The van der Waals surface area contributed by atoms with Crippen molar-refractivity contribution in [1.29, 1.82) is 0 Å². The first kappa shape index (κ1) is 41.3. The van der Waals surface area contributed by atoms with Crippen LogP contribution in [0, 0.1) is 20.8 Å². The number of carboxylic acids is 1. The molecule has 0 spiro atoms. The smallest absolute Gasteiger partial charge is 0.313 e. The first-order valence-corrected chi connectivity index (χ1v) is 21.4. The van der Waals surface area contributed by atoms with Crippen LogP contribution in [-0.4, -0.2) is 27.9 Å². The second-order valence-electron chi connectivity index (χ2n) is 15.2. The van der Waals surface area contributed by atoms with E-state index in [4.69, 9.17) is 5.11 Å². The van der Waals surface area contributed by atoms with E-state index < -0.39 is 5.97 Å². The normalized spacial score (nSPS) is 13.5. The number of carbonyl (C=O) groups is 2. The number of benzene rings is 7. The van der Waals surface area contributed by atoms with Gasteiger partial charge in [0.1, 0.15) is 5.70 Å². The molecule has 8 rings (SSSR count). The highest BCUT2D eigenvalue weighted by atomic mass is 32.2. The standard InChI is InChI=1S/C55H45N3O3S/c1-37-11-10-16-45(31-37)50(43-12-6-4-7-13-43)33-40-18-25-47(26-19-40)58(49-29-22-42(23-30-49)35-52-54(61)57-55(56-52)62-36-53(59)60)48-27-20-41(21-28-48)34-51(44-14-8-5-9-15-44)46-24-17-38(2)39(3)32-46/h4-35H,36H2,1-3H3,(H,59,60)(H,56,57,61)/b50-33+,51-34+,52-35-. The second-order valence-corrected chi connectivity index (χ2v) is 16.2. The molecule has 0 saturated carbocycles. The lowest BCUT2D eigenvalue weighted by Gasteiger charge is -2.26. The maximum absolute atomic E-state index is 12.7. The zero-order valence-electron chi connectivity index (χ0n) is 34.7. The highest BCUT2D eigenvalue weighted by Gasteiger charge is 2.21. The van der Waals surface area contributed by atoms with Gasteiger partial charge in [-0.05, 0) is 137 Å². The van der Waals surface area contributed by atoms with Crippen LogP contribution in [0.4, 0.5) is 17.1 Å². The molecule has 0 bridgehead atoms. The summed E-state index contributed by atoms with van der Waals surface area (Å²) in [6, 6.07) is 61.4. The average molecular weight is 828 g/mol. The third kappa shape index (κ3) is 9.92. The number of anilines is 3. The lowest BCUT2D eigenvalue weighted by atomic mass is 9.93. The van der Waals surface area contributed by atoms with Crippen LogP contribution in [0.25, 0.3) is 29.4 Å². The maximum Gasteiger partial charge on any atom is 0.313 e. The summed E-state index contributed by atoms with van der Waals surface area (Å²) in [6.07, 6.45) is 6.20. The van der Waals surface area contributed by atoms with Crippen molar-refractivity contribution in [3.8, 4) is 0 Å². The van der Waals surface area contributed by atoms with Crippen molar-refractivity contribution in [3.05, 3.63) is 237 Å². The molecule has 0 saturated heterocycles. The number of amides is 1. The predicted molar refractivity (Wildman–Crippen MR) is 259 cm³/mol. The molecule has 2 N–H and O–H groups in total. The second kappa shape index (κ2) is 18.8. The number of aliphatic carboxylic acids is 1. The molecule has 7 aromatic carbocycles. The number of thioether (sulfide) groups is 1. The van der Waals surface area contributed by atoms with E-state index in [1.165, 1.54) is 22.3 Å². The van der Waals surface area contributed by atoms with Gasteiger partial charge in [0, 0.05) is 17.1 Å². The van der Waals surface area contributed by atoms with Gasteiger partial charge in [-0.3, -0.25) is 14.9 Å². The van der Waals surface area contributed by atoms with Crippen LogP contribution >= 0.6 is 11.8 Å². The summed E-state index contributed by atoms with van der Waals surface area (Å²) in [7, 11) is 0. The van der Waals surface area contributed by atoms with E-state index >= 15 is 0 Å². The van der Waals surface area contributed by atoms with Crippen molar-refractivity contribution in [3.63, 3.8) is 0 Å². The Bertz CT molecular complexity index is 2860. The van der Waals surface area contributed by atoms with Gasteiger partial charge >= 0.3 is 5.97 Å². The molecule has 7 heteroatoms. The van der Waals surface area contributed by atoms with Crippen LogP contribution in [0.5, 0.6) is 0 Å². The Morgan fingerprint density at radius 2 is 1.08 bits per heavy atom. The summed E-state index contributed by atoms with van der Waals surface area (Å²) < 4.78 is 0. The van der Waals surface area contributed by atoms with Crippen molar-refractivity contribution < 1.29 is 14.7 Å². The summed E-state index contributed by atoms with van der Waals surface area (Å²) in [5.41, 5.74) is 16.7. The predicted octanol–water partition coefficient (Wildman–Crippen LogP) is 12.9. The number of rotatable bonds is 12. The summed E-state index contributed by atoms with van der Waals surface area (Å²) in [6.45, 7) is 6.42. The van der Waals surface area contributed by atoms with Gasteiger partial charge in [-0.15, -0.1) is 0 Å². The Morgan fingerprint density at radius 1 is 0.581 bits per heavy atom. The molecular formula is C55H45N3O3S. The fraction of sp³-hybridized carbons (Fsp3) is 0.0727. The van der Waals surface area contributed by atoms with E-state index in [0.29, 0.717) is 0 Å². The molecule has 7 aromatic rings. The van der Waals surface area contributed by atoms with E-state index in [-0.39, 0.29) is 22.5 Å². The Kier molecular flexibility index (Phi) is 12.5. The van der Waals surface area contributed by atoms with Gasteiger partial charge in [0.25, 0.3) is 5.91 Å². The van der Waals surface area contributed by atoms with Crippen molar-refractivity contribution in [1.82, 2.24) is 5.32 Å². The van der Waals surface area contributed by atoms with E-state index in [1.807, 2.05) is 36.4 Å². The molecule has 0 atom stereocenters. The van der Waals surface area contributed by atoms with Gasteiger partial charge in [0.05, 0.1) is 5.75 Å². The Hall–Kier alpha value is -7.48. The Morgan fingerprint density at radius 3 is 1.58 bits per heavy atom. The number of aliphatic imine (C=N–C) groups is 1. The zero-order chi connectivity index (χ0) is 43.0. The molecule has 304 valence electrons. The number of hydrogen-bond donors (Lipinski definition) is 2. The van der Waals surface area contributed by atoms with E-state index in [1.54, 1.807) is 6.08 Å². The molecule has 0 aromatic heterocycles. The van der Waals surface area contributed by atoms with Crippen LogP contribution in [0.3, 0.4) is 0 Å². The zero-order valence-corrected chi connectivity index (χ0v) is 35.6. The van der Waals surface area contributed by atoms with Crippen molar-refractivity contribution in [2.45, 2.75) is 20.8 Å². The van der Waals surface area contributed by atoms with Gasteiger partial charge in [0.15, 0.2) is 5.17 Å². The number of carbonyl (C=O) groups excluding carboxylic acids is 1. The number of amidine groups is 1. The molecule has 0 fully saturated rings. The number of nitrogens with one attached hydrogen (secondary N) is 1. The minimum absolute atomic E-state index is 0.187. The topological polar surface area (TPSA) is 82.0 Å². The number of carboxylic acid groups (broad SMARTS) is 1. The summed E-state index contributed by atoms with van der Waals surface area (Å²) in [5.74, 6) is -1.53. The molecule has 0 aliphatic carbocycles. The van der Waals surface area contributed by atoms with Crippen molar-refractivity contribution >= 4 is 75.2 Å². The third-order valence-electron chi connectivity index (χ3n) is 10.7. The largest absolute Gasteiger partial charge is 0.481 e. The fourth-order valence-corrected chi connectivity index (χ4v) is 7.95. The van der Waals surface area contributed by atoms with Crippen molar-refractivity contribution in [2.75, 3.05) is 10.7 Å². The van der Waals surface area contributed by atoms with Crippen molar-refractivity contribution in [2.24, 2.45) is 4.99 Å². The molecular weight excluding hydrogens is 783 g/mol. The number of hydrogen-bond acceptors (Lipinski definition) is 5. The van der Waals surface area contributed by atoms with E-state index in [9.17, 15) is 9.59 Å². The average Bonchev–Trinajstić information content (AvgIpc) is 3.65. The molecule has 1 heterocycles. The van der Waals surface area contributed by atoms with E-state index in [0.717, 1.165) is 73.4 Å². The molecule has 6 nitrogen and oxygen atoms in total. The van der Waals surface area contributed by atoms with Crippen LogP contribution in [-0.2, 0) is 9.59 Å². The number of nitrogens with zero attached hydrogens (tertiary/aromatic N) is 2.